The lowest BCUT2D eigenvalue weighted by atomic mass is 10.2. The Kier molecular flexibility index (Phi) is 4.56. The average Bonchev–Trinajstić information content (AvgIpc) is 3.25. The van der Waals surface area contributed by atoms with E-state index in [1.807, 2.05) is 59.3 Å². The first kappa shape index (κ1) is 14.8. The molecule has 3 aromatic rings. The monoisotopic (exact) mass is 329 g/mol. The van der Waals surface area contributed by atoms with Crippen LogP contribution in [0.25, 0.3) is 0 Å². The van der Waals surface area contributed by atoms with E-state index in [0.717, 1.165) is 21.2 Å². The molecular formula is C17H15NO2S2. The molecular weight excluding hydrogens is 314 g/mol. The summed E-state index contributed by atoms with van der Waals surface area (Å²) in [5.41, 5.74) is 0.839. The van der Waals surface area contributed by atoms with E-state index in [2.05, 4.69) is 0 Å². The fourth-order valence-electron chi connectivity index (χ4n) is 2.15. The highest BCUT2D eigenvalue weighted by molar-refractivity contribution is 7.12. The van der Waals surface area contributed by atoms with Gasteiger partial charge in [0.15, 0.2) is 0 Å². The number of nitrogens with zero attached hydrogens (tertiary/aromatic N) is 1. The van der Waals surface area contributed by atoms with Crippen LogP contribution in [-0.4, -0.2) is 13.0 Å². The van der Waals surface area contributed by atoms with Crippen LogP contribution in [0, 0.1) is 0 Å². The summed E-state index contributed by atoms with van der Waals surface area (Å²) in [7, 11) is 1.63. The van der Waals surface area contributed by atoms with Gasteiger partial charge in [-0.2, -0.15) is 0 Å². The number of amides is 1. The smallest absolute Gasteiger partial charge is 0.268 e. The Labute approximate surface area is 137 Å². The van der Waals surface area contributed by atoms with Crippen molar-refractivity contribution in [3.8, 4) is 5.75 Å². The van der Waals surface area contributed by atoms with Crippen molar-refractivity contribution in [2.24, 2.45) is 0 Å². The molecule has 0 bridgehead atoms. The molecule has 5 heteroatoms. The average molecular weight is 329 g/mol. The highest BCUT2D eigenvalue weighted by Crippen LogP contribution is 2.26. The molecule has 0 aliphatic carbocycles. The number of hydrogen-bond donors (Lipinski definition) is 0. The topological polar surface area (TPSA) is 29.5 Å². The van der Waals surface area contributed by atoms with Crippen LogP contribution in [0.2, 0.25) is 0 Å². The summed E-state index contributed by atoms with van der Waals surface area (Å²) in [6, 6.07) is 15.4. The second-order valence-electron chi connectivity index (χ2n) is 4.65. The lowest BCUT2D eigenvalue weighted by Crippen LogP contribution is -2.29. The molecule has 0 spiro atoms. The lowest BCUT2D eigenvalue weighted by molar-refractivity contribution is 0.0989. The first-order valence-corrected chi connectivity index (χ1v) is 8.55. The van der Waals surface area contributed by atoms with Crippen LogP contribution in [0.5, 0.6) is 5.75 Å². The van der Waals surface area contributed by atoms with Crippen molar-refractivity contribution in [2.45, 2.75) is 6.54 Å². The van der Waals surface area contributed by atoms with Gasteiger partial charge in [-0.15, -0.1) is 22.7 Å². The molecule has 3 nitrogen and oxygen atoms in total. The third kappa shape index (κ3) is 3.21. The van der Waals surface area contributed by atoms with Crippen LogP contribution in [0.3, 0.4) is 0 Å². The molecule has 0 saturated carbocycles. The van der Waals surface area contributed by atoms with E-state index in [-0.39, 0.29) is 5.91 Å². The van der Waals surface area contributed by atoms with Crippen molar-refractivity contribution < 1.29 is 9.53 Å². The minimum Gasteiger partial charge on any atom is -0.497 e. The highest BCUT2D eigenvalue weighted by Gasteiger charge is 2.19. The van der Waals surface area contributed by atoms with E-state index >= 15 is 0 Å². The molecule has 0 saturated heterocycles. The summed E-state index contributed by atoms with van der Waals surface area (Å²) >= 11 is 3.11. The van der Waals surface area contributed by atoms with Crippen molar-refractivity contribution in [3.05, 3.63) is 69.0 Å². The number of carbonyl (C=O) groups excluding carboxylic acids is 1. The molecule has 0 unspecified atom stereocenters. The molecule has 1 amide bonds. The second kappa shape index (κ2) is 6.77. The van der Waals surface area contributed by atoms with Crippen LogP contribution in [-0.2, 0) is 6.54 Å². The number of carbonyl (C=O) groups is 1. The van der Waals surface area contributed by atoms with Gasteiger partial charge < -0.3 is 9.64 Å². The van der Waals surface area contributed by atoms with Crippen LogP contribution in [0.4, 0.5) is 5.69 Å². The molecule has 2 aromatic heterocycles. The third-order valence-electron chi connectivity index (χ3n) is 3.24. The molecule has 0 aliphatic heterocycles. The molecule has 0 N–H and O–H groups in total. The van der Waals surface area contributed by atoms with E-state index in [4.69, 9.17) is 4.74 Å². The van der Waals surface area contributed by atoms with Crippen LogP contribution in [0.1, 0.15) is 14.5 Å². The minimum absolute atomic E-state index is 0.0108. The Morgan fingerprint density at radius 2 is 1.91 bits per heavy atom. The quantitative estimate of drug-likeness (QED) is 0.681. The van der Waals surface area contributed by atoms with Crippen molar-refractivity contribution in [3.63, 3.8) is 0 Å². The van der Waals surface area contributed by atoms with Crippen LogP contribution in [0.15, 0.2) is 59.3 Å². The van der Waals surface area contributed by atoms with E-state index in [1.165, 1.54) is 11.3 Å². The minimum atomic E-state index is 0.0108. The van der Waals surface area contributed by atoms with Crippen molar-refractivity contribution >= 4 is 34.3 Å². The molecule has 2 heterocycles. The van der Waals surface area contributed by atoms with Gasteiger partial charge in [-0.3, -0.25) is 4.79 Å². The molecule has 112 valence electrons. The van der Waals surface area contributed by atoms with Crippen molar-refractivity contribution in [2.75, 3.05) is 12.0 Å². The number of hydrogen-bond acceptors (Lipinski definition) is 4. The van der Waals surface area contributed by atoms with E-state index in [1.54, 1.807) is 23.3 Å². The summed E-state index contributed by atoms with van der Waals surface area (Å²) in [4.78, 5) is 16.5. The van der Waals surface area contributed by atoms with Gasteiger partial charge in [0.2, 0.25) is 0 Å². The van der Waals surface area contributed by atoms with E-state index in [0.29, 0.717) is 6.54 Å². The first-order chi connectivity index (χ1) is 10.8. The van der Waals surface area contributed by atoms with Crippen LogP contribution >= 0.6 is 22.7 Å². The molecule has 0 fully saturated rings. The van der Waals surface area contributed by atoms with Crippen molar-refractivity contribution in [1.82, 2.24) is 0 Å². The lowest BCUT2D eigenvalue weighted by Gasteiger charge is -2.22. The van der Waals surface area contributed by atoms with Gasteiger partial charge in [0.25, 0.3) is 5.91 Å². The number of ether oxygens (including phenoxy) is 1. The Bertz CT molecular complexity index is 736. The van der Waals surface area contributed by atoms with Gasteiger partial charge in [0.05, 0.1) is 18.5 Å². The maximum Gasteiger partial charge on any atom is 0.268 e. The maximum atomic E-state index is 12.8. The fraction of sp³-hybridized carbons (Fsp3) is 0.118. The van der Waals surface area contributed by atoms with E-state index in [9.17, 15) is 4.79 Å². The maximum absolute atomic E-state index is 12.8. The van der Waals surface area contributed by atoms with Gasteiger partial charge in [0.1, 0.15) is 5.75 Å². The summed E-state index contributed by atoms with van der Waals surface area (Å²) in [6.45, 7) is 0.557. The first-order valence-electron chi connectivity index (χ1n) is 6.80. The van der Waals surface area contributed by atoms with Gasteiger partial charge >= 0.3 is 0 Å². The summed E-state index contributed by atoms with van der Waals surface area (Å²) in [5, 5.41) is 3.94. The summed E-state index contributed by atoms with van der Waals surface area (Å²) in [5.74, 6) is 0.754. The van der Waals surface area contributed by atoms with Gasteiger partial charge in [-0.05, 0) is 35.0 Å². The third-order valence-corrected chi connectivity index (χ3v) is 4.96. The molecule has 1 aromatic carbocycles. The Hall–Kier alpha value is -2.11. The molecule has 22 heavy (non-hydrogen) atoms. The van der Waals surface area contributed by atoms with E-state index < -0.39 is 0 Å². The SMILES string of the molecule is COc1cccc(N(Cc2cccs2)C(=O)c2cccs2)c1. The van der Waals surface area contributed by atoms with Crippen molar-refractivity contribution in [1.29, 1.82) is 0 Å². The zero-order valence-electron chi connectivity index (χ0n) is 12.1. The zero-order valence-corrected chi connectivity index (χ0v) is 13.7. The van der Waals surface area contributed by atoms with Gasteiger partial charge in [-0.25, -0.2) is 0 Å². The number of anilines is 1. The van der Waals surface area contributed by atoms with Gasteiger partial charge in [0, 0.05) is 16.6 Å². The number of rotatable bonds is 5. The highest BCUT2D eigenvalue weighted by atomic mass is 32.1. The zero-order chi connectivity index (χ0) is 15.4. The Morgan fingerprint density at radius 3 is 2.59 bits per heavy atom. The second-order valence-corrected chi connectivity index (χ2v) is 6.63. The predicted octanol–water partition coefficient (Wildman–Crippen LogP) is 4.67. The molecule has 0 radical (unpaired) electrons. The standard InChI is InChI=1S/C17H15NO2S2/c1-20-14-6-2-5-13(11-14)18(12-15-7-3-9-21-15)17(19)16-8-4-10-22-16/h2-11H,12H2,1H3. The fourth-order valence-corrected chi connectivity index (χ4v) is 3.51. The molecule has 0 aliphatic rings. The normalized spacial score (nSPS) is 10.4. The van der Waals surface area contributed by atoms with Crippen LogP contribution < -0.4 is 9.64 Å². The summed E-state index contributed by atoms with van der Waals surface area (Å²) in [6.07, 6.45) is 0. The molecule has 3 rings (SSSR count). The number of benzene rings is 1. The molecule has 0 atom stereocenters. The Morgan fingerprint density at radius 1 is 1.09 bits per heavy atom. The summed E-state index contributed by atoms with van der Waals surface area (Å²) < 4.78 is 5.28. The number of methoxy groups -OCH3 is 1. The Balaban J connectivity index is 1.96. The number of thiophene rings is 2. The van der Waals surface area contributed by atoms with Gasteiger partial charge in [-0.1, -0.05) is 18.2 Å². The predicted molar refractivity (Wildman–Crippen MR) is 92.1 cm³/mol. The largest absolute Gasteiger partial charge is 0.497 e.